The maximum Gasteiger partial charge on any atom is 0.490 e. The van der Waals surface area contributed by atoms with Gasteiger partial charge in [0.05, 0.1) is 11.2 Å². The minimum atomic E-state index is -0.209. The molecule has 0 aromatic carbocycles. The van der Waals surface area contributed by atoms with Crippen LogP contribution >= 0.6 is 0 Å². The summed E-state index contributed by atoms with van der Waals surface area (Å²) in [5.41, 5.74) is 1.36. The van der Waals surface area contributed by atoms with Gasteiger partial charge in [-0.1, -0.05) is 6.08 Å². The average molecular weight is 221 g/mol. The van der Waals surface area contributed by atoms with Crippen molar-refractivity contribution in [1.29, 1.82) is 0 Å². The zero-order chi connectivity index (χ0) is 11.6. The van der Waals surface area contributed by atoms with E-state index in [4.69, 9.17) is 9.31 Å². The third-order valence-electron chi connectivity index (χ3n) is 4.56. The predicted octanol–water partition coefficient (Wildman–Crippen LogP) is 1.54. The zero-order valence-electron chi connectivity index (χ0n) is 10.6. The molecule has 0 saturated carbocycles. The highest BCUT2D eigenvalue weighted by molar-refractivity contribution is 6.55. The second-order valence-corrected chi connectivity index (χ2v) is 6.45. The number of nitrogens with one attached hydrogen (secondary N) is 1. The van der Waals surface area contributed by atoms with Crippen LogP contribution in [0.1, 0.15) is 34.1 Å². The van der Waals surface area contributed by atoms with Gasteiger partial charge >= 0.3 is 7.12 Å². The molecule has 0 bridgehead atoms. The van der Waals surface area contributed by atoms with Gasteiger partial charge in [0.1, 0.15) is 0 Å². The molecule has 4 heteroatoms. The molecule has 2 saturated heterocycles. The van der Waals surface area contributed by atoms with E-state index in [1.807, 2.05) is 0 Å². The van der Waals surface area contributed by atoms with Crippen LogP contribution in [0.25, 0.3) is 0 Å². The molecular weight excluding hydrogens is 201 g/mol. The Morgan fingerprint density at radius 2 is 1.62 bits per heavy atom. The molecule has 0 radical (unpaired) electrons. The summed E-state index contributed by atoms with van der Waals surface area (Å²) in [6.45, 7) is 10.7. The highest BCUT2D eigenvalue weighted by Crippen LogP contribution is 2.47. The lowest BCUT2D eigenvalue weighted by Crippen LogP contribution is -2.57. The fourth-order valence-electron chi connectivity index (χ4n) is 2.59. The van der Waals surface area contributed by atoms with Crippen LogP contribution in [0.4, 0.5) is 0 Å². The third kappa shape index (κ3) is 1.33. The van der Waals surface area contributed by atoms with Gasteiger partial charge in [0, 0.05) is 18.5 Å². The Kier molecular flexibility index (Phi) is 1.97. The number of hydrogen-bond donors (Lipinski definition) is 1. The van der Waals surface area contributed by atoms with Gasteiger partial charge in [0.15, 0.2) is 0 Å². The average Bonchev–Trinajstić information content (AvgIpc) is 2.14. The standard InChI is InChI=1S/C12H20BNO2/c1-10(2)11(3,4)16-13(15-10)9-5-12(6-9)7-14-8-12/h5,14H,6-8H2,1-4H3. The van der Waals surface area contributed by atoms with E-state index >= 15 is 0 Å². The molecule has 2 heterocycles. The second kappa shape index (κ2) is 2.92. The summed E-state index contributed by atoms with van der Waals surface area (Å²) in [6, 6.07) is 0. The van der Waals surface area contributed by atoms with E-state index in [0.717, 1.165) is 19.5 Å². The molecule has 3 aliphatic rings. The van der Waals surface area contributed by atoms with Crippen LogP contribution in [0.2, 0.25) is 0 Å². The van der Waals surface area contributed by atoms with Crippen LogP contribution in [0, 0.1) is 5.41 Å². The number of hydrogen-bond acceptors (Lipinski definition) is 3. The largest absolute Gasteiger partial charge is 0.490 e. The van der Waals surface area contributed by atoms with Crippen molar-refractivity contribution >= 4 is 7.12 Å². The first kappa shape index (κ1) is 10.8. The van der Waals surface area contributed by atoms with E-state index in [0.29, 0.717) is 5.41 Å². The van der Waals surface area contributed by atoms with Gasteiger partial charge in [-0.2, -0.15) is 0 Å². The molecule has 0 atom stereocenters. The maximum absolute atomic E-state index is 6.02. The zero-order valence-corrected chi connectivity index (χ0v) is 10.6. The monoisotopic (exact) mass is 221 g/mol. The van der Waals surface area contributed by atoms with Gasteiger partial charge in [-0.25, -0.2) is 0 Å². The summed E-state index contributed by atoms with van der Waals surface area (Å²) >= 11 is 0. The Morgan fingerprint density at radius 1 is 1.12 bits per heavy atom. The molecule has 1 N–H and O–H groups in total. The van der Waals surface area contributed by atoms with E-state index in [1.54, 1.807) is 0 Å². The van der Waals surface area contributed by atoms with Crippen molar-refractivity contribution in [2.45, 2.75) is 45.3 Å². The molecule has 0 aromatic heterocycles. The van der Waals surface area contributed by atoms with Crippen molar-refractivity contribution in [2.75, 3.05) is 13.1 Å². The molecule has 2 fully saturated rings. The number of rotatable bonds is 1. The molecule has 3 nitrogen and oxygen atoms in total. The normalized spacial score (nSPS) is 33.2. The van der Waals surface area contributed by atoms with Crippen LogP contribution in [-0.2, 0) is 9.31 Å². The Bertz CT molecular complexity index is 342. The SMILES string of the molecule is CC1(C)OB(C2=CC3(CNC3)C2)OC1(C)C. The van der Waals surface area contributed by atoms with E-state index in [2.05, 4.69) is 39.1 Å². The first-order valence-electron chi connectivity index (χ1n) is 6.12. The number of allylic oxidation sites excluding steroid dienone is 1. The summed E-state index contributed by atoms with van der Waals surface area (Å²) < 4.78 is 12.0. The van der Waals surface area contributed by atoms with Gasteiger partial charge in [-0.15, -0.1) is 0 Å². The highest BCUT2D eigenvalue weighted by atomic mass is 16.7. The van der Waals surface area contributed by atoms with E-state index < -0.39 is 0 Å². The molecule has 1 spiro atoms. The van der Waals surface area contributed by atoms with Crippen molar-refractivity contribution < 1.29 is 9.31 Å². The van der Waals surface area contributed by atoms with Crippen LogP contribution in [0.5, 0.6) is 0 Å². The minimum Gasteiger partial charge on any atom is -0.400 e. The summed E-state index contributed by atoms with van der Waals surface area (Å²) in [6.07, 6.45) is 3.49. The molecule has 2 aliphatic heterocycles. The molecule has 88 valence electrons. The summed E-state index contributed by atoms with van der Waals surface area (Å²) in [5.74, 6) is 0. The molecule has 3 rings (SSSR count). The lowest BCUT2D eigenvalue weighted by molar-refractivity contribution is 0.00578. The molecular formula is C12H20BNO2. The second-order valence-electron chi connectivity index (χ2n) is 6.45. The van der Waals surface area contributed by atoms with Crippen molar-refractivity contribution in [2.24, 2.45) is 5.41 Å². The first-order chi connectivity index (χ1) is 7.34. The first-order valence-corrected chi connectivity index (χ1v) is 6.12. The smallest absolute Gasteiger partial charge is 0.400 e. The van der Waals surface area contributed by atoms with E-state index in [9.17, 15) is 0 Å². The molecule has 1 aliphatic carbocycles. The van der Waals surface area contributed by atoms with E-state index in [-0.39, 0.29) is 18.3 Å². The lowest BCUT2D eigenvalue weighted by atomic mass is 9.56. The van der Waals surface area contributed by atoms with Crippen LogP contribution < -0.4 is 5.32 Å². The van der Waals surface area contributed by atoms with Crippen molar-refractivity contribution in [3.05, 3.63) is 11.5 Å². The van der Waals surface area contributed by atoms with Crippen LogP contribution in [0.3, 0.4) is 0 Å². The van der Waals surface area contributed by atoms with Gasteiger partial charge in [0.25, 0.3) is 0 Å². The molecule has 0 unspecified atom stereocenters. The third-order valence-corrected chi connectivity index (χ3v) is 4.56. The van der Waals surface area contributed by atoms with Crippen LogP contribution in [0.15, 0.2) is 11.5 Å². The molecule has 16 heavy (non-hydrogen) atoms. The Balaban J connectivity index is 1.73. The quantitative estimate of drug-likeness (QED) is 0.681. The van der Waals surface area contributed by atoms with Gasteiger partial charge < -0.3 is 14.6 Å². The summed E-state index contributed by atoms with van der Waals surface area (Å²) in [5, 5.41) is 3.32. The van der Waals surface area contributed by atoms with Gasteiger partial charge in [0.2, 0.25) is 0 Å². The lowest BCUT2D eigenvalue weighted by Gasteiger charge is -2.48. The molecule has 0 amide bonds. The Morgan fingerprint density at radius 3 is 2.00 bits per heavy atom. The van der Waals surface area contributed by atoms with Crippen molar-refractivity contribution in [1.82, 2.24) is 5.32 Å². The minimum absolute atomic E-state index is 0.115. The fourth-order valence-corrected chi connectivity index (χ4v) is 2.59. The van der Waals surface area contributed by atoms with Crippen molar-refractivity contribution in [3.63, 3.8) is 0 Å². The maximum atomic E-state index is 6.02. The predicted molar refractivity (Wildman–Crippen MR) is 64.1 cm³/mol. The highest BCUT2D eigenvalue weighted by Gasteiger charge is 2.56. The van der Waals surface area contributed by atoms with Crippen LogP contribution in [-0.4, -0.2) is 31.4 Å². The van der Waals surface area contributed by atoms with Gasteiger partial charge in [-0.3, -0.25) is 0 Å². The summed E-state index contributed by atoms with van der Waals surface area (Å²) in [7, 11) is -0.115. The topological polar surface area (TPSA) is 30.5 Å². The van der Waals surface area contributed by atoms with E-state index in [1.165, 1.54) is 5.47 Å². The summed E-state index contributed by atoms with van der Waals surface area (Å²) in [4.78, 5) is 0. The Hall–Kier alpha value is -0.315. The fraction of sp³-hybridized carbons (Fsp3) is 0.833. The Labute approximate surface area is 97.7 Å². The van der Waals surface area contributed by atoms with Gasteiger partial charge in [-0.05, 0) is 39.6 Å². The molecule has 0 aromatic rings. The van der Waals surface area contributed by atoms with Crippen molar-refractivity contribution in [3.8, 4) is 0 Å².